The third-order valence-electron chi connectivity index (χ3n) is 5.77. The maximum absolute atomic E-state index is 12.3. The largest absolute Gasteiger partial charge is 0.481 e. The first-order chi connectivity index (χ1) is 9.67. The molecule has 2 fully saturated rings. The summed E-state index contributed by atoms with van der Waals surface area (Å²) in [7, 11) is 1.74. The van der Waals surface area contributed by atoms with Crippen molar-refractivity contribution in [2.75, 3.05) is 13.6 Å². The number of rotatable bonds is 5. The van der Waals surface area contributed by atoms with Gasteiger partial charge in [0, 0.05) is 26.1 Å². The monoisotopic (exact) mass is 296 g/mol. The van der Waals surface area contributed by atoms with Gasteiger partial charge in [-0.25, -0.2) is 4.79 Å². The van der Waals surface area contributed by atoms with Crippen molar-refractivity contribution in [2.24, 2.45) is 16.7 Å². The van der Waals surface area contributed by atoms with Gasteiger partial charge >= 0.3 is 12.0 Å². The minimum atomic E-state index is -0.814. The van der Waals surface area contributed by atoms with Crippen LogP contribution in [0.5, 0.6) is 0 Å². The number of nitrogens with one attached hydrogen (secondary N) is 1. The minimum Gasteiger partial charge on any atom is -0.481 e. The molecule has 2 rings (SSSR count). The van der Waals surface area contributed by atoms with E-state index in [1.54, 1.807) is 11.9 Å². The highest BCUT2D eigenvalue weighted by Gasteiger charge is 2.59. The van der Waals surface area contributed by atoms with E-state index >= 15 is 0 Å². The Labute approximate surface area is 127 Å². The molecule has 2 amide bonds. The summed E-state index contributed by atoms with van der Waals surface area (Å²) >= 11 is 0. The molecule has 21 heavy (non-hydrogen) atoms. The summed E-state index contributed by atoms with van der Waals surface area (Å²) in [5.41, 5.74) is 0.357. The number of amides is 2. The van der Waals surface area contributed by atoms with Crippen molar-refractivity contribution >= 4 is 12.0 Å². The van der Waals surface area contributed by atoms with Gasteiger partial charge in [-0.3, -0.25) is 4.79 Å². The van der Waals surface area contributed by atoms with Gasteiger partial charge in [-0.15, -0.1) is 0 Å². The quantitative estimate of drug-likeness (QED) is 0.819. The first-order valence-electron chi connectivity index (χ1n) is 7.90. The van der Waals surface area contributed by atoms with Crippen LogP contribution in [-0.2, 0) is 4.79 Å². The molecule has 0 aromatic heterocycles. The van der Waals surface area contributed by atoms with Crippen LogP contribution in [-0.4, -0.2) is 41.6 Å². The molecule has 0 aliphatic heterocycles. The molecule has 2 aliphatic rings. The topological polar surface area (TPSA) is 69.6 Å². The van der Waals surface area contributed by atoms with Crippen LogP contribution in [0.15, 0.2) is 0 Å². The average Bonchev–Trinajstić information content (AvgIpc) is 2.85. The van der Waals surface area contributed by atoms with Crippen molar-refractivity contribution in [3.05, 3.63) is 0 Å². The number of aliphatic carboxylic acids is 1. The van der Waals surface area contributed by atoms with Crippen molar-refractivity contribution in [2.45, 2.75) is 58.9 Å². The maximum atomic E-state index is 12.3. The maximum Gasteiger partial charge on any atom is 0.317 e. The van der Waals surface area contributed by atoms with E-state index in [2.05, 4.69) is 26.1 Å². The van der Waals surface area contributed by atoms with Crippen LogP contribution < -0.4 is 5.32 Å². The number of fused-ring (bicyclic) bond motifs is 2. The highest BCUT2D eigenvalue weighted by Crippen LogP contribution is 2.62. The second kappa shape index (κ2) is 5.50. The molecule has 2 aliphatic carbocycles. The zero-order valence-corrected chi connectivity index (χ0v) is 13.6. The molecule has 2 bridgehead atoms. The Hall–Kier alpha value is -1.26. The van der Waals surface area contributed by atoms with Crippen LogP contribution in [0.25, 0.3) is 0 Å². The van der Waals surface area contributed by atoms with Crippen LogP contribution in [0.3, 0.4) is 0 Å². The van der Waals surface area contributed by atoms with E-state index in [9.17, 15) is 9.59 Å². The van der Waals surface area contributed by atoms with E-state index in [0.717, 1.165) is 0 Å². The lowest BCUT2D eigenvalue weighted by Crippen LogP contribution is -2.55. The Kier molecular flexibility index (Phi) is 4.22. The summed E-state index contributed by atoms with van der Waals surface area (Å²) < 4.78 is 0. The molecule has 0 aromatic carbocycles. The summed E-state index contributed by atoms with van der Waals surface area (Å²) in [6, 6.07) is 0.130. The molecule has 5 heteroatoms. The highest BCUT2D eigenvalue weighted by atomic mass is 16.4. The van der Waals surface area contributed by atoms with E-state index in [-0.39, 0.29) is 29.3 Å². The molecular formula is C16H28N2O3. The average molecular weight is 296 g/mol. The van der Waals surface area contributed by atoms with Gasteiger partial charge in [0.05, 0.1) is 0 Å². The van der Waals surface area contributed by atoms with Gasteiger partial charge in [-0.05, 0) is 42.4 Å². The summed E-state index contributed by atoms with van der Waals surface area (Å²) in [4.78, 5) is 24.5. The number of urea groups is 1. The van der Waals surface area contributed by atoms with Crippen molar-refractivity contribution in [3.63, 3.8) is 0 Å². The van der Waals surface area contributed by atoms with E-state index in [1.807, 2.05) is 0 Å². The van der Waals surface area contributed by atoms with E-state index < -0.39 is 5.97 Å². The number of carbonyl (C=O) groups excluding carboxylic acids is 1. The number of carboxylic acids is 1. The first kappa shape index (κ1) is 16.1. The van der Waals surface area contributed by atoms with Crippen molar-refractivity contribution in [1.29, 1.82) is 0 Å². The Morgan fingerprint density at radius 3 is 2.52 bits per heavy atom. The van der Waals surface area contributed by atoms with Gasteiger partial charge in [0.2, 0.25) is 0 Å². The van der Waals surface area contributed by atoms with Gasteiger partial charge in [0.15, 0.2) is 0 Å². The van der Waals surface area contributed by atoms with Crippen molar-refractivity contribution in [3.8, 4) is 0 Å². The fraction of sp³-hybridized carbons (Fsp3) is 0.875. The molecule has 2 N–H and O–H groups in total. The minimum absolute atomic E-state index is 0.0766. The Bertz CT molecular complexity index is 430. The van der Waals surface area contributed by atoms with Gasteiger partial charge in [-0.1, -0.05) is 20.8 Å². The fourth-order valence-corrected chi connectivity index (χ4v) is 4.46. The Morgan fingerprint density at radius 1 is 1.33 bits per heavy atom. The van der Waals surface area contributed by atoms with Gasteiger partial charge < -0.3 is 15.3 Å². The second-order valence-electron chi connectivity index (χ2n) is 7.72. The molecule has 0 heterocycles. The molecule has 0 saturated heterocycles. The number of carbonyl (C=O) groups is 2. The molecule has 2 saturated carbocycles. The summed E-state index contributed by atoms with van der Waals surface area (Å²) in [5.74, 6) is -0.115. The predicted octanol–water partition coefficient (Wildman–Crippen LogP) is 2.71. The predicted molar refractivity (Wildman–Crippen MR) is 81.0 cm³/mol. The molecule has 0 spiro atoms. The van der Waals surface area contributed by atoms with E-state index in [0.29, 0.717) is 18.9 Å². The zero-order valence-electron chi connectivity index (χ0n) is 13.6. The molecule has 5 nitrogen and oxygen atoms in total. The molecular weight excluding hydrogens is 268 g/mol. The van der Waals surface area contributed by atoms with E-state index in [1.165, 1.54) is 19.3 Å². The van der Waals surface area contributed by atoms with Gasteiger partial charge in [0.1, 0.15) is 0 Å². The van der Waals surface area contributed by atoms with Crippen LogP contribution in [0.2, 0.25) is 0 Å². The third-order valence-corrected chi connectivity index (χ3v) is 5.77. The standard InChI is InChI=1S/C16H28N2O3/c1-15(2)11-7-8-16(3,10-11)13(15)17-14(21)18(4)9-5-6-12(19)20/h11,13H,5-10H2,1-4H3,(H,17,21)(H,19,20). The molecule has 120 valence electrons. The Balaban J connectivity index is 1.91. The van der Waals surface area contributed by atoms with E-state index in [4.69, 9.17) is 5.11 Å². The first-order valence-corrected chi connectivity index (χ1v) is 7.90. The second-order valence-corrected chi connectivity index (χ2v) is 7.72. The lowest BCUT2D eigenvalue weighted by Gasteiger charge is -2.43. The summed E-state index contributed by atoms with van der Waals surface area (Å²) in [6.07, 6.45) is 4.26. The lowest BCUT2D eigenvalue weighted by molar-refractivity contribution is -0.137. The van der Waals surface area contributed by atoms with Crippen LogP contribution in [0.1, 0.15) is 52.9 Å². The van der Waals surface area contributed by atoms with Gasteiger partial charge in [0.25, 0.3) is 0 Å². The molecule has 3 unspecified atom stereocenters. The molecule has 0 radical (unpaired) electrons. The Morgan fingerprint density at radius 2 is 2.00 bits per heavy atom. The lowest BCUT2D eigenvalue weighted by atomic mass is 9.68. The molecule has 0 aromatic rings. The number of hydrogen-bond donors (Lipinski definition) is 2. The summed E-state index contributed by atoms with van der Waals surface area (Å²) in [6.45, 7) is 7.29. The normalized spacial score (nSPS) is 33.0. The number of carboxylic acid groups (broad SMARTS) is 1. The van der Waals surface area contributed by atoms with Crippen LogP contribution in [0.4, 0.5) is 4.79 Å². The van der Waals surface area contributed by atoms with Crippen molar-refractivity contribution < 1.29 is 14.7 Å². The zero-order chi connectivity index (χ0) is 15.8. The summed E-state index contributed by atoms with van der Waals surface area (Å²) in [5, 5.41) is 11.9. The highest BCUT2D eigenvalue weighted by molar-refractivity contribution is 5.74. The van der Waals surface area contributed by atoms with Crippen molar-refractivity contribution in [1.82, 2.24) is 10.2 Å². The number of nitrogens with zero attached hydrogens (tertiary/aromatic N) is 1. The third kappa shape index (κ3) is 3.01. The number of hydrogen-bond acceptors (Lipinski definition) is 2. The van der Waals surface area contributed by atoms with Gasteiger partial charge in [-0.2, -0.15) is 0 Å². The van der Waals surface area contributed by atoms with Crippen LogP contribution >= 0.6 is 0 Å². The SMILES string of the molecule is CN(CCCC(=O)O)C(=O)NC1C2(C)CCC(C2)C1(C)C. The molecule has 3 atom stereocenters. The smallest absolute Gasteiger partial charge is 0.317 e. The van der Waals surface area contributed by atoms with Crippen LogP contribution in [0, 0.1) is 16.7 Å². The fourth-order valence-electron chi connectivity index (χ4n) is 4.46.